The molecule has 0 amide bonds. The molecule has 0 spiro atoms. The Bertz CT molecular complexity index is 61.5. The van der Waals surface area contributed by atoms with Gasteiger partial charge in [-0.25, -0.2) is 0 Å². The molecule has 0 aliphatic rings. The summed E-state index contributed by atoms with van der Waals surface area (Å²) in [6.07, 6.45) is 0. The Labute approximate surface area is 163 Å². The third-order valence-electron chi connectivity index (χ3n) is 0. The zero-order valence-corrected chi connectivity index (χ0v) is 18.7. The Morgan fingerprint density at radius 2 is 0.294 bits per heavy atom. The molecule has 0 aromatic rings. The number of hydrogen-bond acceptors (Lipinski definition) is 12. The van der Waals surface area contributed by atoms with E-state index in [1.807, 2.05) is 0 Å². The molecular weight excluding hydrogens is 840 g/mol. The molecular formula is CeI4O12. The van der Waals surface area contributed by atoms with Crippen molar-refractivity contribution in [1.82, 2.24) is 0 Å². The van der Waals surface area contributed by atoms with Gasteiger partial charge in [-0.3, -0.25) is 0 Å². The van der Waals surface area contributed by atoms with Gasteiger partial charge in [0, 0.05) is 0 Å². The summed E-state index contributed by atoms with van der Waals surface area (Å²) in [4.78, 5) is 0. The second-order valence-corrected chi connectivity index (χ2v) is 5.07. The van der Waals surface area contributed by atoms with Crippen molar-refractivity contribution in [1.29, 1.82) is 0 Å². The van der Waals surface area contributed by atoms with Crippen LogP contribution in [0.15, 0.2) is 0 Å². The largest absolute Gasteiger partial charge is 4.00 e. The first-order chi connectivity index (χ1) is 6.93. The summed E-state index contributed by atoms with van der Waals surface area (Å²) in [6, 6.07) is 0. The van der Waals surface area contributed by atoms with Crippen LogP contribution in [0.25, 0.3) is 0 Å². The molecule has 0 aliphatic heterocycles. The van der Waals surface area contributed by atoms with Crippen molar-refractivity contribution >= 4 is 0 Å². The maximum absolute atomic E-state index is 8.57. The van der Waals surface area contributed by atoms with Gasteiger partial charge in [0.05, 0.1) is 0 Å². The maximum Gasteiger partial charge on any atom is 4.00 e. The molecule has 0 fully saturated rings. The van der Waals surface area contributed by atoms with E-state index >= 15 is 0 Å². The smallest absolute Gasteiger partial charge is 0.427 e. The summed E-state index contributed by atoms with van der Waals surface area (Å²) in [5.41, 5.74) is 0. The van der Waals surface area contributed by atoms with Crippen LogP contribution < -0.4 is 125 Å². The summed E-state index contributed by atoms with van der Waals surface area (Å²) >= 11 is -16.1. The molecule has 0 rings (SSSR count). The SMILES string of the molecule is [Ce+4].[O-][I+2]([O-])[O-].[O-][I+2]([O-])[O-].[O-][I+2]([O-])[O-].[O-][I+2]([O-])[O-]. The number of rotatable bonds is 0. The quantitative estimate of drug-likeness (QED) is 0.206. The molecule has 17 heteroatoms. The maximum atomic E-state index is 8.57. The molecule has 0 N–H and O–H groups in total. The van der Waals surface area contributed by atoms with Gasteiger partial charge < -0.3 is 41.2 Å². The average Bonchev–Trinajstić information content (AvgIpc) is 1.76. The fourth-order valence-corrected chi connectivity index (χ4v) is 0. The fraction of sp³-hybridized carbons (Fsp3) is 0. The van der Waals surface area contributed by atoms with E-state index in [1.165, 1.54) is 0 Å². The third-order valence-corrected chi connectivity index (χ3v) is 0. The second-order valence-electron chi connectivity index (χ2n) is 0.756. The number of halogens is 4. The number of hydrogen-bond donors (Lipinski definition) is 0. The van der Waals surface area contributed by atoms with Gasteiger partial charge in [-0.15, -0.1) is 0 Å². The van der Waals surface area contributed by atoms with Gasteiger partial charge in [-0.1, -0.05) is 0 Å². The Morgan fingerprint density at radius 1 is 0.294 bits per heavy atom. The van der Waals surface area contributed by atoms with E-state index in [1.54, 1.807) is 0 Å². The predicted octanol–water partition coefficient (Wildman–Crippen LogP) is -26.3. The Kier molecular flexibility index (Phi) is 53.9. The van der Waals surface area contributed by atoms with Gasteiger partial charge in [0.25, 0.3) is 84.3 Å². The molecule has 0 heterocycles. The van der Waals surface area contributed by atoms with Crippen LogP contribution in [0.4, 0.5) is 0 Å². The van der Waals surface area contributed by atoms with E-state index in [0.717, 1.165) is 0 Å². The Balaban J connectivity index is -0.0000000369. The van der Waals surface area contributed by atoms with Gasteiger partial charge in [-0.2, -0.15) is 0 Å². The summed E-state index contributed by atoms with van der Waals surface area (Å²) in [6.45, 7) is 0. The molecule has 12 nitrogen and oxygen atoms in total. The van der Waals surface area contributed by atoms with E-state index in [9.17, 15) is 0 Å². The topological polar surface area (TPSA) is 277 Å². The van der Waals surface area contributed by atoms with E-state index in [0.29, 0.717) is 0 Å². The third kappa shape index (κ3) is 432. The molecule has 0 atom stereocenters. The molecule has 0 bridgehead atoms. The van der Waals surface area contributed by atoms with Crippen LogP contribution in [0.2, 0.25) is 0 Å². The zero-order chi connectivity index (χ0) is 14.3. The monoisotopic (exact) mass is 839 g/mol. The van der Waals surface area contributed by atoms with Gasteiger partial charge in [0.1, 0.15) is 0 Å². The van der Waals surface area contributed by atoms with E-state index in [4.69, 9.17) is 41.2 Å². The van der Waals surface area contributed by atoms with Crippen LogP contribution in [0.5, 0.6) is 0 Å². The molecule has 0 saturated carbocycles. The van der Waals surface area contributed by atoms with Crippen LogP contribution in [0.1, 0.15) is 0 Å². The Morgan fingerprint density at radius 3 is 0.294 bits per heavy atom. The van der Waals surface area contributed by atoms with Crippen LogP contribution >= 0.6 is 0 Å². The molecule has 0 radical (unpaired) electrons. The minimum Gasteiger partial charge on any atom is -0.427 e. The van der Waals surface area contributed by atoms with Crippen LogP contribution in [0, 0.1) is 41.7 Å². The normalized spacial score (nSPS) is 8.47. The van der Waals surface area contributed by atoms with Crippen molar-refractivity contribution in [2.45, 2.75) is 0 Å². The molecule has 0 aliphatic carbocycles. The van der Waals surface area contributed by atoms with Crippen LogP contribution in [-0.2, 0) is 0 Å². The van der Waals surface area contributed by atoms with E-state index in [2.05, 4.69) is 0 Å². The summed E-state index contributed by atoms with van der Waals surface area (Å²) in [7, 11) is 0. The zero-order valence-electron chi connectivity index (χ0n) is 6.91. The van der Waals surface area contributed by atoms with Gasteiger partial charge in [0.2, 0.25) is 0 Å². The van der Waals surface area contributed by atoms with Crippen LogP contribution in [-0.4, -0.2) is 0 Å². The standard InChI is InChI=1S/Ce.4IO3/c;4*2-1(3)4/q+4;4*-1. The predicted molar refractivity (Wildman–Crippen MR) is 0 cm³/mol. The molecule has 0 unspecified atom stereocenters. The minimum atomic E-state index is -4.01. The molecule has 0 aromatic carbocycles. The van der Waals surface area contributed by atoms with Gasteiger partial charge in [0.15, 0.2) is 0 Å². The van der Waals surface area contributed by atoms with Crippen molar-refractivity contribution in [3.63, 3.8) is 0 Å². The Hall–Kier alpha value is 3.82. The van der Waals surface area contributed by atoms with Gasteiger partial charge >= 0.3 is 41.7 Å². The van der Waals surface area contributed by atoms with Crippen molar-refractivity contribution in [2.75, 3.05) is 0 Å². The van der Waals surface area contributed by atoms with Crippen molar-refractivity contribution in [2.24, 2.45) is 0 Å². The first-order valence-electron chi connectivity index (χ1n) is 1.85. The first-order valence-corrected chi connectivity index (χ1v) is 12.4. The van der Waals surface area contributed by atoms with Crippen LogP contribution in [0.3, 0.4) is 0 Å². The summed E-state index contributed by atoms with van der Waals surface area (Å²) in [5, 5.41) is 0. The molecule has 17 heavy (non-hydrogen) atoms. The van der Waals surface area contributed by atoms with Crippen molar-refractivity contribution in [3.05, 3.63) is 0 Å². The molecule has 0 aromatic heterocycles. The van der Waals surface area contributed by atoms with E-state index < -0.39 is 84.3 Å². The molecule has 0 saturated heterocycles. The average molecular weight is 840 g/mol. The second kappa shape index (κ2) is 28.0. The fourth-order valence-electron chi connectivity index (χ4n) is 0. The van der Waals surface area contributed by atoms with Gasteiger partial charge in [-0.05, 0) is 0 Å². The molecule has 104 valence electrons. The first kappa shape index (κ1) is 32.7. The summed E-state index contributed by atoms with van der Waals surface area (Å²) in [5.74, 6) is 0. The van der Waals surface area contributed by atoms with E-state index in [-0.39, 0.29) is 41.7 Å². The van der Waals surface area contributed by atoms with Crippen molar-refractivity contribution in [3.8, 4) is 0 Å². The minimum absolute atomic E-state index is 0. The summed E-state index contributed by atoms with van der Waals surface area (Å²) < 4.78 is 103. The van der Waals surface area contributed by atoms with Crippen molar-refractivity contribution < 1.29 is 167 Å².